The number of H-pyrrole nitrogens is 1. The molecule has 2 aromatic heterocycles. The topological polar surface area (TPSA) is 61.0 Å². The predicted molar refractivity (Wildman–Crippen MR) is 97.7 cm³/mol. The van der Waals surface area contributed by atoms with Gasteiger partial charge in [-0.2, -0.15) is 0 Å². The number of aromatic amines is 1. The predicted octanol–water partition coefficient (Wildman–Crippen LogP) is 3.27. The number of nitrogens with zero attached hydrogens (tertiary/aromatic N) is 2. The minimum Gasteiger partial charge on any atom is -0.361 e. The number of rotatable bonds is 4. The summed E-state index contributed by atoms with van der Waals surface area (Å²) >= 11 is 1.68. The molecule has 24 heavy (non-hydrogen) atoms. The van der Waals surface area contributed by atoms with E-state index in [4.69, 9.17) is 0 Å². The van der Waals surface area contributed by atoms with Crippen molar-refractivity contribution >= 4 is 33.3 Å². The lowest BCUT2D eigenvalue weighted by molar-refractivity contribution is 0.0946. The van der Waals surface area contributed by atoms with Crippen LogP contribution < -0.4 is 10.2 Å². The fourth-order valence-corrected chi connectivity index (χ4v) is 3.99. The summed E-state index contributed by atoms with van der Waals surface area (Å²) in [6.07, 6.45) is 6.04. The van der Waals surface area contributed by atoms with Gasteiger partial charge in [-0.05, 0) is 43.0 Å². The van der Waals surface area contributed by atoms with Crippen molar-refractivity contribution in [3.8, 4) is 0 Å². The molecule has 1 fully saturated rings. The third kappa shape index (κ3) is 3.14. The highest BCUT2D eigenvalue weighted by molar-refractivity contribution is 7.13. The maximum Gasteiger partial charge on any atom is 0.251 e. The Labute approximate surface area is 144 Å². The number of benzene rings is 1. The zero-order chi connectivity index (χ0) is 16.4. The minimum atomic E-state index is 0.00414. The lowest BCUT2D eigenvalue weighted by atomic mass is 9.98. The Bertz CT molecular complexity index is 827. The van der Waals surface area contributed by atoms with Crippen molar-refractivity contribution in [2.45, 2.75) is 12.8 Å². The molecule has 1 aliphatic heterocycles. The second-order valence-corrected chi connectivity index (χ2v) is 7.13. The normalized spacial score (nSPS) is 18.0. The molecule has 124 valence electrons. The summed E-state index contributed by atoms with van der Waals surface area (Å²) < 4.78 is 0. The molecule has 6 heteroatoms. The molecule has 4 rings (SSSR count). The molecule has 3 heterocycles. The second kappa shape index (κ2) is 6.65. The van der Waals surface area contributed by atoms with E-state index in [1.165, 1.54) is 0 Å². The number of hydrogen-bond donors (Lipinski definition) is 2. The van der Waals surface area contributed by atoms with Crippen LogP contribution in [0.4, 0.5) is 5.13 Å². The molecule has 1 amide bonds. The van der Waals surface area contributed by atoms with Crippen LogP contribution in [0.5, 0.6) is 0 Å². The van der Waals surface area contributed by atoms with Gasteiger partial charge in [0.1, 0.15) is 0 Å². The van der Waals surface area contributed by atoms with Crippen LogP contribution in [0, 0.1) is 5.92 Å². The van der Waals surface area contributed by atoms with Gasteiger partial charge in [-0.1, -0.05) is 0 Å². The first-order valence-corrected chi connectivity index (χ1v) is 9.17. The van der Waals surface area contributed by atoms with Crippen molar-refractivity contribution in [3.05, 3.63) is 47.6 Å². The van der Waals surface area contributed by atoms with E-state index in [0.717, 1.165) is 47.5 Å². The smallest absolute Gasteiger partial charge is 0.251 e. The molecular weight excluding hydrogens is 320 g/mol. The van der Waals surface area contributed by atoms with Gasteiger partial charge in [-0.3, -0.25) is 4.79 Å². The molecule has 0 aliphatic carbocycles. The molecule has 1 aliphatic rings. The first kappa shape index (κ1) is 15.2. The van der Waals surface area contributed by atoms with E-state index in [9.17, 15) is 4.79 Å². The molecule has 0 spiro atoms. The van der Waals surface area contributed by atoms with Gasteiger partial charge in [-0.15, -0.1) is 11.3 Å². The van der Waals surface area contributed by atoms with E-state index < -0.39 is 0 Å². The highest BCUT2D eigenvalue weighted by atomic mass is 32.1. The SMILES string of the molecule is O=C(NC[C@@H]1CCCN(c2nccs2)C1)c1ccc2[nH]ccc2c1. The highest BCUT2D eigenvalue weighted by Gasteiger charge is 2.22. The maximum absolute atomic E-state index is 12.4. The molecule has 5 nitrogen and oxygen atoms in total. The molecule has 0 bridgehead atoms. The zero-order valence-corrected chi connectivity index (χ0v) is 14.2. The first-order valence-electron chi connectivity index (χ1n) is 8.29. The van der Waals surface area contributed by atoms with Crippen molar-refractivity contribution in [1.29, 1.82) is 0 Å². The molecule has 1 aromatic carbocycles. The second-order valence-electron chi connectivity index (χ2n) is 6.26. The Morgan fingerprint density at radius 3 is 3.25 bits per heavy atom. The Morgan fingerprint density at radius 2 is 2.38 bits per heavy atom. The van der Waals surface area contributed by atoms with Gasteiger partial charge < -0.3 is 15.2 Å². The number of amides is 1. The van der Waals surface area contributed by atoms with Gasteiger partial charge in [-0.25, -0.2) is 4.98 Å². The summed E-state index contributed by atoms with van der Waals surface area (Å²) in [5.41, 5.74) is 1.77. The maximum atomic E-state index is 12.4. The molecule has 2 N–H and O–H groups in total. The number of anilines is 1. The Hall–Kier alpha value is -2.34. The van der Waals surface area contributed by atoms with Crippen molar-refractivity contribution in [1.82, 2.24) is 15.3 Å². The van der Waals surface area contributed by atoms with Crippen LogP contribution in [0.25, 0.3) is 10.9 Å². The molecule has 3 aromatic rings. The Balaban J connectivity index is 1.36. The first-order chi connectivity index (χ1) is 11.8. The van der Waals surface area contributed by atoms with E-state index in [0.29, 0.717) is 12.5 Å². The lowest BCUT2D eigenvalue weighted by Crippen LogP contribution is -2.41. The van der Waals surface area contributed by atoms with E-state index in [-0.39, 0.29) is 5.91 Å². The number of aromatic nitrogens is 2. The van der Waals surface area contributed by atoms with Crippen LogP contribution in [-0.2, 0) is 0 Å². The number of carbonyl (C=O) groups is 1. The van der Waals surface area contributed by atoms with Crippen LogP contribution in [0.1, 0.15) is 23.2 Å². The molecule has 0 radical (unpaired) electrons. The van der Waals surface area contributed by atoms with Crippen LogP contribution in [0.2, 0.25) is 0 Å². The van der Waals surface area contributed by atoms with Gasteiger partial charge in [0.2, 0.25) is 0 Å². The van der Waals surface area contributed by atoms with Crippen molar-refractivity contribution in [2.75, 3.05) is 24.5 Å². The summed E-state index contributed by atoms with van der Waals surface area (Å²) in [6, 6.07) is 7.75. The number of nitrogens with one attached hydrogen (secondary N) is 2. The summed E-state index contributed by atoms with van der Waals surface area (Å²) in [4.78, 5) is 22.3. The van der Waals surface area contributed by atoms with E-state index >= 15 is 0 Å². The van der Waals surface area contributed by atoms with Gasteiger partial charge in [0.05, 0.1) is 0 Å². The zero-order valence-electron chi connectivity index (χ0n) is 13.4. The highest BCUT2D eigenvalue weighted by Crippen LogP contribution is 2.24. The Kier molecular flexibility index (Phi) is 4.21. The lowest BCUT2D eigenvalue weighted by Gasteiger charge is -2.32. The molecular formula is C18H20N4OS. The number of carbonyl (C=O) groups excluding carboxylic acids is 1. The number of piperidine rings is 1. The van der Waals surface area contributed by atoms with Gasteiger partial charge in [0, 0.05) is 53.9 Å². The molecule has 0 unspecified atom stereocenters. The fourth-order valence-electron chi connectivity index (χ4n) is 3.31. The number of hydrogen-bond acceptors (Lipinski definition) is 4. The van der Waals surface area contributed by atoms with Crippen molar-refractivity contribution < 1.29 is 4.79 Å². The number of fused-ring (bicyclic) bond motifs is 1. The third-order valence-electron chi connectivity index (χ3n) is 4.58. The third-order valence-corrected chi connectivity index (χ3v) is 5.41. The molecule has 1 saturated heterocycles. The number of thiazole rings is 1. The summed E-state index contributed by atoms with van der Waals surface area (Å²) in [5, 5.41) is 7.26. The molecule has 0 saturated carbocycles. The monoisotopic (exact) mass is 340 g/mol. The van der Waals surface area contributed by atoms with E-state index in [1.54, 1.807) is 11.3 Å². The van der Waals surface area contributed by atoms with Gasteiger partial charge in [0.25, 0.3) is 5.91 Å². The van der Waals surface area contributed by atoms with Gasteiger partial charge in [0.15, 0.2) is 5.13 Å². The summed E-state index contributed by atoms with van der Waals surface area (Å²) in [5.74, 6) is 0.479. The standard InChI is InChI=1S/C18H20N4OS/c23-17(15-3-4-16-14(10-15)5-6-19-16)21-11-13-2-1-8-22(12-13)18-20-7-9-24-18/h3-7,9-10,13,19H,1-2,8,11-12H2,(H,21,23)/t13-/m0/s1. The molecule has 1 atom stereocenters. The quantitative estimate of drug-likeness (QED) is 0.766. The average Bonchev–Trinajstić information content (AvgIpc) is 3.30. The van der Waals surface area contributed by atoms with E-state index in [1.807, 2.05) is 42.0 Å². The fraction of sp³-hybridized carbons (Fsp3) is 0.333. The average molecular weight is 340 g/mol. The van der Waals surface area contributed by atoms with Crippen LogP contribution in [0.15, 0.2) is 42.0 Å². The van der Waals surface area contributed by atoms with E-state index in [2.05, 4.69) is 20.2 Å². The van der Waals surface area contributed by atoms with Crippen molar-refractivity contribution in [2.24, 2.45) is 5.92 Å². The Morgan fingerprint density at radius 1 is 1.42 bits per heavy atom. The van der Waals surface area contributed by atoms with Crippen LogP contribution in [0.3, 0.4) is 0 Å². The summed E-state index contributed by atoms with van der Waals surface area (Å²) in [6.45, 7) is 2.73. The van der Waals surface area contributed by atoms with Crippen molar-refractivity contribution in [3.63, 3.8) is 0 Å². The van der Waals surface area contributed by atoms with Crippen LogP contribution >= 0.6 is 11.3 Å². The minimum absolute atomic E-state index is 0.00414. The van der Waals surface area contributed by atoms with Crippen LogP contribution in [-0.4, -0.2) is 35.5 Å². The summed E-state index contributed by atoms with van der Waals surface area (Å²) in [7, 11) is 0. The van der Waals surface area contributed by atoms with Gasteiger partial charge >= 0.3 is 0 Å². The largest absolute Gasteiger partial charge is 0.361 e.